The van der Waals surface area contributed by atoms with Crippen molar-refractivity contribution in [2.24, 2.45) is 5.41 Å². The van der Waals surface area contributed by atoms with Crippen molar-refractivity contribution in [3.63, 3.8) is 0 Å². The first kappa shape index (κ1) is 7.07. The molecule has 0 heterocycles. The van der Waals surface area contributed by atoms with Gasteiger partial charge in [-0.25, -0.2) is 0 Å². The molecule has 1 nitrogen and oxygen atoms in total. The van der Waals surface area contributed by atoms with Gasteiger partial charge in [0.2, 0.25) is 0 Å². The summed E-state index contributed by atoms with van der Waals surface area (Å²) in [5, 5.41) is 9.24. The Morgan fingerprint density at radius 1 is 1.44 bits per heavy atom. The third-order valence-electron chi connectivity index (χ3n) is 2.18. The van der Waals surface area contributed by atoms with Gasteiger partial charge in [-0.15, -0.1) is 0 Å². The molecule has 0 spiro atoms. The smallest absolute Gasteiger partial charge is 0.0545 e. The zero-order chi connectivity index (χ0) is 6.91. The fourth-order valence-electron chi connectivity index (χ4n) is 1.66. The van der Waals surface area contributed by atoms with Crippen molar-refractivity contribution < 1.29 is 5.11 Å². The molecule has 1 heteroatoms. The van der Waals surface area contributed by atoms with Gasteiger partial charge in [-0.1, -0.05) is 20.3 Å². The van der Waals surface area contributed by atoms with E-state index < -0.39 is 0 Å². The molecular formula is C8H16O. The van der Waals surface area contributed by atoms with Crippen LogP contribution in [0.2, 0.25) is 0 Å². The van der Waals surface area contributed by atoms with Crippen LogP contribution in [0.5, 0.6) is 0 Å². The molecular weight excluding hydrogens is 112 g/mol. The van der Waals surface area contributed by atoms with E-state index >= 15 is 0 Å². The van der Waals surface area contributed by atoms with Crippen LogP contribution in [0.1, 0.15) is 39.5 Å². The van der Waals surface area contributed by atoms with E-state index in [1.54, 1.807) is 0 Å². The average Bonchev–Trinajstić information content (AvgIpc) is 1.60. The van der Waals surface area contributed by atoms with E-state index in [-0.39, 0.29) is 6.10 Å². The molecule has 0 radical (unpaired) electrons. The summed E-state index contributed by atoms with van der Waals surface area (Å²) >= 11 is 0. The van der Waals surface area contributed by atoms with Gasteiger partial charge in [0.05, 0.1) is 6.10 Å². The van der Waals surface area contributed by atoms with E-state index in [4.69, 9.17) is 0 Å². The molecule has 1 rings (SSSR count). The predicted octanol–water partition coefficient (Wildman–Crippen LogP) is 1.95. The van der Waals surface area contributed by atoms with Crippen molar-refractivity contribution >= 4 is 0 Å². The van der Waals surface area contributed by atoms with Crippen LogP contribution in [0, 0.1) is 5.41 Å². The van der Waals surface area contributed by atoms with Crippen molar-refractivity contribution in [2.45, 2.75) is 45.6 Å². The van der Waals surface area contributed by atoms with Gasteiger partial charge in [0.15, 0.2) is 0 Å². The zero-order valence-electron chi connectivity index (χ0n) is 6.35. The first-order chi connectivity index (χ1) is 4.10. The standard InChI is InChI=1S/C8H16O/c1-8(2)5-3-4-7(9)6-8/h7,9H,3-6H2,1-2H3/t7-/m1/s1. The first-order valence-corrected chi connectivity index (χ1v) is 3.78. The van der Waals surface area contributed by atoms with Crippen molar-refractivity contribution in [1.82, 2.24) is 0 Å². The summed E-state index contributed by atoms with van der Waals surface area (Å²) in [6.45, 7) is 4.46. The van der Waals surface area contributed by atoms with E-state index in [0.717, 1.165) is 12.8 Å². The number of rotatable bonds is 0. The first-order valence-electron chi connectivity index (χ1n) is 3.78. The molecule has 0 amide bonds. The largest absolute Gasteiger partial charge is 0.393 e. The lowest BCUT2D eigenvalue weighted by Crippen LogP contribution is -2.25. The number of hydrogen-bond donors (Lipinski definition) is 1. The van der Waals surface area contributed by atoms with Gasteiger partial charge in [0.1, 0.15) is 0 Å². The fraction of sp³-hybridized carbons (Fsp3) is 1.00. The highest BCUT2D eigenvalue weighted by Gasteiger charge is 2.26. The van der Waals surface area contributed by atoms with Gasteiger partial charge in [0, 0.05) is 0 Å². The highest BCUT2D eigenvalue weighted by atomic mass is 16.3. The lowest BCUT2D eigenvalue weighted by atomic mass is 9.76. The van der Waals surface area contributed by atoms with Crippen LogP contribution in [-0.4, -0.2) is 11.2 Å². The molecule has 1 aliphatic rings. The Labute approximate surface area is 57.1 Å². The number of aliphatic hydroxyl groups is 1. The van der Waals surface area contributed by atoms with Crippen LogP contribution in [0.15, 0.2) is 0 Å². The molecule has 0 saturated heterocycles. The second kappa shape index (κ2) is 2.30. The molecule has 0 unspecified atom stereocenters. The summed E-state index contributed by atoms with van der Waals surface area (Å²) in [5.74, 6) is 0. The fourth-order valence-corrected chi connectivity index (χ4v) is 1.66. The monoisotopic (exact) mass is 128 g/mol. The maximum absolute atomic E-state index is 9.24. The molecule has 1 aliphatic carbocycles. The van der Waals surface area contributed by atoms with Crippen molar-refractivity contribution in [3.8, 4) is 0 Å². The van der Waals surface area contributed by atoms with E-state index in [9.17, 15) is 5.11 Å². The van der Waals surface area contributed by atoms with Gasteiger partial charge in [-0.2, -0.15) is 0 Å². The number of hydrogen-bond acceptors (Lipinski definition) is 1. The maximum atomic E-state index is 9.24. The normalized spacial score (nSPS) is 34.3. The lowest BCUT2D eigenvalue weighted by Gasteiger charge is -2.32. The topological polar surface area (TPSA) is 20.2 Å². The molecule has 1 N–H and O–H groups in total. The Balaban J connectivity index is 2.41. The van der Waals surface area contributed by atoms with Gasteiger partial charge < -0.3 is 5.11 Å². The highest BCUT2D eigenvalue weighted by Crippen LogP contribution is 2.34. The Hall–Kier alpha value is -0.0400. The Morgan fingerprint density at radius 2 is 2.11 bits per heavy atom. The van der Waals surface area contributed by atoms with Gasteiger partial charge >= 0.3 is 0 Å². The maximum Gasteiger partial charge on any atom is 0.0545 e. The van der Waals surface area contributed by atoms with Crippen molar-refractivity contribution in [1.29, 1.82) is 0 Å². The molecule has 1 saturated carbocycles. The van der Waals surface area contributed by atoms with Crippen molar-refractivity contribution in [2.75, 3.05) is 0 Å². The molecule has 0 aromatic heterocycles. The molecule has 0 bridgehead atoms. The quantitative estimate of drug-likeness (QED) is 0.528. The van der Waals surface area contributed by atoms with E-state index in [2.05, 4.69) is 13.8 Å². The summed E-state index contributed by atoms with van der Waals surface area (Å²) in [7, 11) is 0. The molecule has 1 fully saturated rings. The number of aliphatic hydroxyl groups excluding tert-OH is 1. The Kier molecular flexibility index (Phi) is 1.80. The van der Waals surface area contributed by atoms with Gasteiger partial charge in [0.25, 0.3) is 0 Å². The minimum absolute atomic E-state index is 0.0197. The predicted molar refractivity (Wildman–Crippen MR) is 38.3 cm³/mol. The average molecular weight is 128 g/mol. The zero-order valence-corrected chi connectivity index (χ0v) is 6.35. The second-order valence-corrected chi connectivity index (χ2v) is 3.91. The van der Waals surface area contributed by atoms with E-state index in [1.165, 1.54) is 12.8 Å². The Bertz CT molecular complexity index is 96.7. The minimum atomic E-state index is -0.0197. The van der Waals surface area contributed by atoms with Crippen LogP contribution < -0.4 is 0 Å². The highest BCUT2D eigenvalue weighted by molar-refractivity contribution is 4.78. The summed E-state index contributed by atoms with van der Waals surface area (Å²) in [5.41, 5.74) is 0.400. The summed E-state index contributed by atoms with van der Waals surface area (Å²) in [6, 6.07) is 0. The molecule has 0 aromatic rings. The minimum Gasteiger partial charge on any atom is -0.393 e. The van der Waals surface area contributed by atoms with E-state index in [1.807, 2.05) is 0 Å². The molecule has 54 valence electrons. The third kappa shape index (κ3) is 1.98. The van der Waals surface area contributed by atoms with Gasteiger partial charge in [-0.05, 0) is 24.7 Å². The van der Waals surface area contributed by atoms with E-state index in [0.29, 0.717) is 5.41 Å². The second-order valence-electron chi connectivity index (χ2n) is 3.91. The van der Waals surface area contributed by atoms with Crippen molar-refractivity contribution in [3.05, 3.63) is 0 Å². The van der Waals surface area contributed by atoms with Gasteiger partial charge in [-0.3, -0.25) is 0 Å². The molecule has 0 aliphatic heterocycles. The molecule has 1 atom stereocenters. The third-order valence-corrected chi connectivity index (χ3v) is 2.18. The van der Waals surface area contributed by atoms with Crippen LogP contribution in [0.4, 0.5) is 0 Å². The summed E-state index contributed by atoms with van der Waals surface area (Å²) in [6.07, 6.45) is 4.48. The molecule has 9 heavy (non-hydrogen) atoms. The Morgan fingerprint density at radius 3 is 2.44 bits per heavy atom. The van der Waals surface area contributed by atoms with Crippen LogP contribution in [0.25, 0.3) is 0 Å². The lowest BCUT2D eigenvalue weighted by molar-refractivity contribution is 0.0663. The van der Waals surface area contributed by atoms with Crippen LogP contribution in [0.3, 0.4) is 0 Å². The summed E-state index contributed by atoms with van der Waals surface area (Å²) in [4.78, 5) is 0. The van der Waals surface area contributed by atoms with Crippen LogP contribution >= 0.6 is 0 Å². The van der Waals surface area contributed by atoms with Crippen LogP contribution in [-0.2, 0) is 0 Å². The molecule has 0 aromatic carbocycles. The SMILES string of the molecule is CC1(C)CCC[C@@H](O)C1. The summed E-state index contributed by atoms with van der Waals surface area (Å²) < 4.78 is 0.